The van der Waals surface area contributed by atoms with Crippen molar-refractivity contribution in [1.82, 2.24) is 0 Å². The molecule has 0 atom stereocenters. The minimum atomic E-state index is -1.12. The minimum absolute atomic E-state index is 0.00641. The summed E-state index contributed by atoms with van der Waals surface area (Å²) >= 11 is 0. The lowest BCUT2D eigenvalue weighted by molar-refractivity contribution is 0.0698. The summed E-state index contributed by atoms with van der Waals surface area (Å²) in [7, 11) is 0. The van der Waals surface area contributed by atoms with E-state index in [0.717, 1.165) is 24.0 Å². The van der Waals surface area contributed by atoms with Crippen LogP contribution in [0.4, 0.5) is 11.4 Å². The topological polar surface area (TPSA) is 102 Å². The Morgan fingerprint density at radius 1 is 0.967 bits per heavy atom. The molecular weight excluding hydrogens is 380 g/mol. The minimum Gasteiger partial charge on any atom is -0.493 e. The van der Waals surface area contributed by atoms with Gasteiger partial charge in [-0.2, -0.15) is 0 Å². The van der Waals surface area contributed by atoms with Gasteiger partial charge in [-0.3, -0.25) is 4.79 Å². The first kappa shape index (κ1) is 20.9. The number of benzene rings is 3. The molecule has 3 aromatic carbocycles. The Hall–Kier alpha value is -3.80. The fourth-order valence-corrected chi connectivity index (χ4v) is 3.01. The van der Waals surface area contributed by atoms with E-state index in [1.54, 1.807) is 30.3 Å². The number of carboxylic acid groups (broad SMARTS) is 1. The monoisotopic (exact) mass is 404 g/mol. The lowest BCUT2D eigenvalue weighted by Gasteiger charge is -2.14. The van der Waals surface area contributed by atoms with Gasteiger partial charge < -0.3 is 20.9 Å². The number of hydrogen-bond acceptors (Lipinski definition) is 4. The fraction of sp³-hybridized carbons (Fsp3) is 0.167. The Kier molecular flexibility index (Phi) is 6.70. The maximum Gasteiger partial charge on any atom is 0.337 e. The van der Waals surface area contributed by atoms with Crippen LogP contribution in [0, 0.1) is 0 Å². The zero-order valence-electron chi connectivity index (χ0n) is 16.7. The molecule has 0 aliphatic heterocycles. The van der Waals surface area contributed by atoms with Crippen molar-refractivity contribution in [2.24, 2.45) is 0 Å². The standard InChI is InChI=1S/C24H24N2O4/c1-2-3-13-30-22-15-18(25)10-12-20(22)23(27)26-21-14-17(9-11-19(21)24(28)29)16-7-5-4-6-8-16/h4-12,14-15H,2-3,13,25H2,1H3,(H,26,27)(H,28,29). The number of aromatic carboxylic acids is 1. The molecule has 0 radical (unpaired) electrons. The van der Waals surface area contributed by atoms with E-state index in [-0.39, 0.29) is 11.3 Å². The number of ether oxygens (including phenoxy) is 1. The SMILES string of the molecule is CCCCOc1cc(N)ccc1C(=O)Nc1cc(-c2ccccc2)ccc1C(=O)O. The van der Waals surface area contributed by atoms with E-state index in [4.69, 9.17) is 10.5 Å². The van der Waals surface area contributed by atoms with E-state index >= 15 is 0 Å². The molecule has 3 rings (SSSR count). The van der Waals surface area contributed by atoms with Crippen LogP contribution in [0.15, 0.2) is 66.7 Å². The smallest absolute Gasteiger partial charge is 0.337 e. The molecule has 6 nitrogen and oxygen atoms in total. The first-order valence-electron chi connectivity index (χ1n) is 9.76. The Morgan fingerprint density at radius 2 is 1.70 bits per heavy atom. The van der Waals surface area contributed by atoms with Crippen LogP contribution >= 0.6 is 0 Å². The third kappa shape index (κ3) is 4.97. The van der Waals surface area contributed by atoms with Crippen LogP contribution in [0.25, 0.3) is 11.1 Å². The third-order valence-electron chi connectivity index (χ3n) is 4.61. The average molecular weight is 404 g/mol. The maximum absolute atomic E-state index is 13.0. The second kappa shape index (κ2) is 9.60. The van der Waals surface area contributed by atoms with Crippen LogP contribution in [0.2, 0.25) is 0 Å². The van der Waals surface area contributed by atoms with E-state index in [0.29, 0.717) is 23.6 Å². The van der Waals surface area contributed by atoms with Crippen molar-refractivity contribution in [3.8, 4) is 16.9 Å². The van der Waals surface area contributed by atoms with Crippen LogP contribution in [0.1, 0.15) is 40.5 Å². The molecule has 0 fully saturated rings. The fourth-order valence-electron chi connectivity index (χ4n) is 3.01. The Labute approximate surface area is 175 Å². The molecule has 0 aliphatic rings. The van der Waals surface area contributed by atoms with Crippen LogP contribution in [-0.4, -0.2) is 23.6 Å². The molecule has 154 valence electrons. The van der Waals surface area contributed by atoms with Gasteiger partial charge in [-0.15, -0.1) is 0 Å². The molecule has 0 heterocycles. The Balaban J connectivity index is 1.93. The molecule has 0 spiro atoms. The predicted molar refractivity (Wildman–Crippen MR) is 118 cm³/mol. The van der Waals surface area contributed by atoms with Crippen LogP contribution < -0.4 is 15.8 Å². The van der Waals surface area contributed by atoms with Crippen molar-refractivity contribution in [2.45, 2.75) is 19.8 Å². The van der Waals surface area contributed by atoms with Crippen molar-refractivity contribution in [2.75, 3.05) is 17.7 Å². The van der Waals surface area contributed by atoms with E-state index in [9.17, 15) is 14.7 Å². The largest absolute Gasteiger partial charge is 0.493 e. The molecule has 1 amide bonds. The molecule has 6 heteroatoms. The van der Waals surface area contributed by atoms with Gasteiger partial charge >= 0.3 is 5.97 Å². The highest BCUT2D eigenvalue weighted by atomic mass is 16.5. The molecule has 4 N–H and O–H groups in total. The summed E-state index contributed by atoms with van der Waals surface area (Å²) < 4.78 is 5.73. The molecule has 30 heavy (non-hydrogen) atoms. The number of anilines is 2. The highest BCUT2D eigenvalue weighted by Crippen LogP contribution is 2.28. The highest BCUT2D eigenvalue weighted by molar-refractivity contribution is 6.09. The average Bonchev–Trinajstić information content (AvgIpc) is 2.74. The highest BCUT2D eigenvalue weighted by Gasteiger charge is 2.18. The summed E-state index contributed by atoms with van der Waals surface area (Å²) in [4.78, 5) is 24.7. The number of amides is 1. The number of unbranched alkanes of at least 4 members (excludes halogenated alkanes) is 1. The molecule has 0 bridgehead atoms. The molecular formula is C24H24N2O4. The van der Waals surface area contributed by atoms with Gasteiger partial charge in [0, 0.05) is 11.8 Å². The van der Waals surface area contributed by atoms with Crippen LogP contribution in [0.3, 0.4) is 0 Å². The number of nitrogens with one attached hydrogen (secondary N) is 1. The summed E-state index contributed by atoms with van der Waals surface area (Å²) in [5.41, 5.74) is 8.55. The molecule has 0 saturated heterocycles. The number of hydrogen-bond donors (Lipinski definition) is 3. The zero-order valence-corrected chi connectivity index (χ0v) is 16.7. The lowest BCUT2D eigenvalue weighted by atomic mass is 10.0. The quantitative estimate of drug-likeness (QED) is 0.360. The van der Waals surface area contributed by atoms with Crippen molar-refractivity contribution < 1.29 is 19.4 Å². The summed E-state index contributed by atoms with van der Waals surface area (Å²) in [6.45, 7) is 2.51. The van der Waals surface area contributed by atoms with Gasteiger partial charge in [-0.25, -0.2) is 4.79 Å². The van der Waals surface area contributed by atoms with Gasteiger partial charge in [-0.1, -0.05) is 49.7 Å². The Morgan fingerprint density at radius 3 is 2.40 bits per heavy atom. The van der Waals surface area contributed by atoms with Crippen LogP contribution in [0.5, 0.6) is 5.75 Å². The van der Waals surface area contributed by atoms with Crippen molar-refractivity contribution in [1.29, 1.82) is 0 Å². The van der Waals surface area contributed by atoms with Gasteiger partial charge in [0.15, 0.2) is 0 Å². The van der Waals surface area contributed by atoms with Crippen LogP contribution in [-0.2, 0) is 0 Å². The summed E-state index contributed by atoms with van der Waals surface area (Å²) in [5, 5.41) is 12.3. The summed E-state index contributed by atoms with van der Waals surface area (Å²) in [6.07, 6.45) is 1.80. The maximum atomic E-state index is 13.0. The van der Waals surface area contributed by atoms with Gasteiger partial charge in [0.2, 0.25) is 0 Å². The van der Waals surface area contributed by atoms with Crippen molar-refractivity contribution in [3.63, 3.8) is 0 Å². The zero-order chi connectivity index (χ0) is 21.5. The lowest BCUT2D eigenvalue weighted by Crippen LogP contribution is -2.16. The summed E-state index contributed by atoms with van der Waals surface area (Å²) in [5.74, 6) is -1.21. The van der Waals surface area contributed by atoms with Gasteiger partial charge in [-0.05, 0) is 41.8 Å². The normalized spacial score (nSPS) is 10.4. The predicted octanol–water partition coefficient (Wildman–Crippen LogP) is 5.07. The molecule has 0 aromatic heterocycles. The number of carboxylic acids is 1. The molecule has 3 aromatic rings. The second-order valence-corrected chi connectivity index (χ2v) is 6.84. The number of carbonyl (C=O) groups is 2. The van der Waals surface area contributed by atoms with E-state index in [1.165, 1.54) is 6.07 Å². The second-order valence-electron chi connectivity index (χ2n) is 6.84. The number of carbonyl (C=O) groups excluding carboxylic acids is 1. The first-order valence-corrected chi connectivity index (χ1v) is 9.76. The first-order chi connectivity index (χ1) is 14.5. The number of rotatable bonds is 8. The summed E-state index contributed by atoms with van der Waals surface area (Å²) in [6, 6.07) is 19.2. The van der Waals surface area contributed by atoms with Gasteiger partial charge in [0.25, 0.3) is 5.91 Å². The number of nitrogens with two attached hydrogens (primary N) is 1. The van der Waals surface area contributed by atoms with Crippen molar-refractivity contribution in [3.05, 3.63) is 77.9 Å². The van der Waals surface area contributed by atoms with E-state index in [2.05, 4.69) is 5.32 Å². The third-order valence-corrected chi connectivity index (χ3v) is 4.61. The van der Waals surface area contributed by atoms with Gasteiger partial charge in [0.1, 0.15) is 5.75 Å². The molecule has 0 aliphatic carbocycles. The van der Waals surface area contributed by atoms with E-state index < -0.39 is 11.9 Å². The van der Waals surface area contributed by atoms with Gasteiger partial charge in [0.05, 0.1) is 23.4 Å². The molecule has 0 unspecified atom stereocenters. The van der Waals surface area contributed by atoms with Crippen molar-refractivity contribution >= 4 is 23.3 Å². The Bertz CT molecular complexity index is 1050. The molecule has 0 saturated carbocycles. The van der Waals surface area contributed by atoms with E-state index in [1.807, 2.05) is 37.3 Å². The number of nitrogen functional groups attached to an aromatic ring is 1.